The van der Waals surface area contributed by atoms with Crippen LogP contribution in [-0.2, 0) is 13.1 Å². The fraction of sp³-hybridized carbons (Fsp3) is 0.400. The van der Waals surface area contributed by atoms with E-state index < -0.39 is 0 Å². The van der Waals surface area contributed by atoms with Gasteiger partial charge < -0.3 is 19.4 Å². The minimum Gasteiger partial charge on any atom is -0.486 e. The minimum absolute atomic E-state index is 0. The Kier molecular flexibility index (Phi) is 8.09. The lowest BCUT2D eigenvalue weighted by Crippen LogP contribution is -2.18. The average Bonchev–Trinajstić information content (AvgIpc) is 3.00. The van der Waals surface area contributed by atoms with Gasteiger partial charge in [0, 0.05) is 25.5 Å². The van der Waals surface area contributed by atoms with E-state index in [0.717, 1.165) is 37.6 Å². The fourth-order valence-electron chi connectivity index (χ4n) is 2.24. The summed E-state index contributed by atoms with van der Waals surface area (Å²) < 4.78 is 13.2. The molecule has 0 radical (unpaired) electrons. The first-order valence-corrected chi connectivity index (χ1v) is 6.97. The van der Waals surface area contributed by atoms with Crippen LogP contribution >= 0.6 is 24.8 Å². The van der Waals surface area contributed by atoms with Crippen molar-refractivity contribution in [3.8, 4) is 11.5 Å². The monoisotopic (exact) mass is 345 g/mol. The number of rotatable bonds is 6. The van der Waals surface area contributed by atoms with Crippen LogP contribution in [0.3, 0.4) is 0 Å². The molecule has 7 heteroatoms. The lowest BCUT2D eigenvalue weighted by molar-refractivity contribution is 0.171. The van der Waals surface area contributed by atoms with Crippen LogP contribution in [-0.4, -0.2) is 29.3 Å². The quantitative estimate of drug-likeness (QED) is 0.817. The van der Waals surface area contributed by atoms with Crippen molar-refractivity contribution in [2.24, 2.45) is 0 Å². The van der Waals surface area contributed by atoms with Gasteiger partial charge in [-0.15, -0.1) is 24.8 Å². The first-order valence-electron chi connectivity index (χ1n) is 6.97. The largest absolute Gasteiger partial charge is 0.486 e. The van der Waals surface area contributed by atoms with Gasteiger partial charge in [0.2, 0.25) is 0 Å². The molecule has 122 valence electrons. The molecule has 2 aromatic rings. The highest BCUT2D eigenvalue weighted by Crippen LogP contribution is 2.30. The highest BCUT2D eigenvalue weighted by molar-refractivity contribution is 5.85. The topological polar surface area (TPSA) is 48.3 Å². The lowest BCUT2D eigenvalue weighted by atomic mass is 10.2. The molecule has 0 amide bonds. The summed E-state index contributed by atoms with van der Waals surface area (Å²) in [5, 5.41) is 3.44. The predicted molar refractivity (Wildman–Crippen MR) is 90.5 cm³/mol. The second-order valence-corrected chi connectivity index (χ2v) is 4.81. The van der Waals surface area contributed by atoms with Crippen LogP contribution in [0.5, 0.6) is 11.5 Å². The van der Waals surface area contributed by atoms with Crippen LogP contribution in [0.1, 0.15) is 12.0 Å². The molecule has 0 aliphatic carbocycles. The van der Waals surface area contributed by atoms with E-state index in [1.165, 1.54) is 5.56 Å². The van der Waals surface area contributed by atoms with Gasteiger partial charge in [0.25, 0.3) is 0 Å². The molecule has 1 N–H and O–H groups in total. The third-order valence-corrected chi connectivity index (χ3v) is 3.26. The van der Waals surface area contributed by atoms with Gasteiger partial charge in [-0.3, -0.25) is 0 Å². The Morgan fingerprint density at radius 3 is 2.73 bits per heavy atom. The number of fused-ring (bicyclic) bond motifs is 1. The zero-order valence-corrected chi connectivity index (χ0v) is 13.9. The third kappa shape index (κ3) is 5.09. The molecule has 0 spiro atoms. The second-order valence-electron chi connectivity index (χ2n) is 4.81. The molecule has 1 aromatic heterocycles. The summed E-state index contributed by atoms with van der Waals surface area (Å²) >= 11 is 0. The molecule has 1 aliphatic rings. The molecule has 1 aliphatic heterocycles. The first-order chi connectivity index (χ1) is 9.92. The molecule has 3 rings (SSSR count). The van der Waals surface area contributed by atoms with Crippen molar-refractivity contribution >= 4 is 24.8 Å². The van der Waals surface area contributed by atoms with Crippen LogP contribution in [0.25, 0.3) is 0 Å². The van der Waals surface area contributed by atoms with Crippen molar-refractivity contribution in [2.45, 2.75) is 19.5 Å². The fourth-order valence-corrected chi connectivity index (χ4v) is 2.24. The number of halogens is 2. The molecule has 0 saturated carbocycles. The highest BCUT2D eigenvalue weighted by Gasteiger charge is 2.11. The Labute approximate surface area is 142 Å². The number of aryl methyl sites for hydroxylation is 1. The first kappa shape index (κ1) is 18.6. The second kappa shape index (κ2) is 9.56. The number of hydrogen-bond donors (Lipinski definition) is 1. The molecule has 0 fully saturated rings. The van der Waals surface area contributed by atoms with E-state index in [2.05, 4.69) is 27.0 Å². The van der Waals surface area contributed by atoms with Crippen molar-refractivity contribution < 1.29 is 9.47 Å². The molecule has 0 atom stereocenters. The number of hydrogen-bond acceptors (Lipinski definition) is 4. The van der Waals surface area contributed by atoms with Gasteiger partial charge in [-0.25, -0.2) is 4.98 Å². The van der Waals surface area contributed by atoms with E-state index in [4.69, 9.17) is 9.47 Å². The molecule has 22 heavy (non-hydrogen) atoms. The van der Waals surface area contributed by atoms with Crippen molar-refractivity contribution in [2.75, 3.05) is 19.8 Å². The van der Waals surface area contributed by atoms with Crippen LogP contribution in [0.4, 0.5) is 0 Å². The van der Waals surface area contributed by atoms with Gasteiger partial charge in [0.15, 0.2) is 11.5 Å². The number of nitrogens with one attached hydrogen (secondary N) is 1. The molecular weight excluding hydrogens is 325 g/mol. The molecule has 1 aromatic carbocycles. The van der Waals surface area contributed by atoms with Crippen LogP contribution in [0, 0.1) is 0 Å². The number of aromatic nitrogens is 2. The minimum atomic E-state index is 0. The molecule has 0 bridgehead atoms. The van der Waals surface area contributed by atoms with Crippen LogP contribution in [0.15, 0.2) is 36.9 Å². The van der Waals surface area contributed by atoms with Gasteiger partial charge in [-0.05, 0) is 30.7 Å². The summed E-state index contributed by atoms with van der Waals surface area (Å²) in [6.07, 6.45) is 6.73. The highest BCUT2D eigenvalue weighted by atomic mass is 35.5. The summed E-state index contributed by atoms with van der Waals surface area (Å²) in [6, 6.07) is 6.12. The number of nitrogens with zero attached hydrogens (tertiary/aromatic N) is 2. The number of imidazole rings is 1. The van der Waals surface area contributed by atoms with Crippen molar-refractivity contribution in [3.05, 3.63) is 42.5 Å². The average molecular weight is 346 g/mol. The Morgan fingerprint density at radius 1 is 1.14 bits per heavy atom. The van der Waals surface area contributed by atoms with Gasteiger partial charge in [0.1, 0.15) is 13.2 Å². The summed E-state index contributed by atoms with van der Waals surface area (Å²) in [5.41, 5.74) is 1.22. The smallest absolute Gasteiger partial charge is 0.161 e. The standard InChI is InChI=1S/C15H19N3O2.2ClH/c1(6-18-7-5-17-12-18)4-16-11-13-2-3-14-15(10-13)20-9-8-19-14;;/h2-3,5,7,10,12,16H,1,4,6,8-9,11H2;2*1H. The molecular formula is C15H21Cl2N3O2. The van der Waals surface area contributed by atoms with Crippen molar-refractivity contribution in [1.82, 2.24) is 14.9 Å². The summed E-state index contributed by atoms with van der Waals surface area (Å²) in [7, 11) is 0. The SMILES string of the molecule is Cl.Cl.c1cn(CCCNCc2ccc3c(c2)OCCO3)cn1. The summed E-state index contributed by atoms with van der Waals surface area (Å²) in [5.74, 6) is 1.70. The van der Waals surface area contributed by atoms with Crippen LogP contribution < -0.4 is 14.8 Å². The van der Waals surface area contributed by atoms with E-state index in [1.807, 2.05) is 24.8 Å². The maximum Gasteiger partial charge on any atom is 0.161 e. The zero-order valence-electron chi connectivity index (χ0n) is 12.2. The normalized spacial score (nSPS) is 12.2. The van der Waals surface area contributed by atoms with Gasteiger partial charge in [-0.2, -0.15) is 0 Å². The predicted octanol–water partition coefficient (Wildman–Crippen LogP) is 2.68. The molecule has 0 unspecified atom stereocenters. The van der Waals surface area contributed by atoms with E-state index >= 15 is 0 Å². The Hall–Kier alpha value is -1.43. The van der Waals surface area contributed by atoms with E-state index in [1.54, 1.807) is 0 Å². The maximum absolute atomic E-state index is 5.58. The third-order valence-electron chi connectivity index (χ3n) is 3.26. The Morgan fingerprint density at radius 2 is 1.95 bits per heavy atom. The van der Waals surface area contributed by atoms with E-state index in [9.17, 15) is 0 Å². The Bertz CT molecular complexity index is 550. The number of ether oxygens (including phenoxy) is 2. The van der Waals surface area contributed by atoms with E-state index in [0.29, 0.717) is 13.2 Å². The molecule has 5 nitrogen and oxygen atoms in total. The maximum atomic E-state index is 5.58. The van der Waals surface area contributed by atoms with Gasteiger partial charge >= 0.3 is 0 Å². The van der Waals surface area contributed by atoms with Crippen molar-refractivity contribution in [3.63, 3.8) is 0 Å². The van der Waals surface area contributed by atoms with Gasteiger partial charge in [0.05, 0.1) is 6.33 Å². The molecule has 2 heterocycles. The summed E-state index contributed by atoms with van der Waals surface area (Å²) in [4.78, 5) is 4.03. The van der Waals surface area contributed by atoms with E-state index in [-0.39, 0.29) is 24.8 Å². The van der Waals surface area contributed by atoms with Crippen molar-refractivity contribution in [1.29, 1.82) is 0 Å². The summed E-state index contributed by atoms with van der Waals surface area (Å²) in [6.45, 7) is 4.09. The molecule has 0 saturated heterocycles. The Balaban J connectivity index is 0.00000121. The lowest BCUT2D eigenvalue weighted by Gasteiger charge is -2.19. The van der Waals surface area contributed by atoms with Crippen LogP contribution in [0.2, 0.25) is 0 Å². The number of benzene rings is 1. The van der Waals surface area contributed by atoms with Gasteiger partial charge in [-0.1, -0.05) is 6.07 Å². The zero-order chi connectivity index (χ0) is 13.6.